The molecule has 9 nitrogen and oxygen atoms in total. The minimum absolute atomic E-state index is 0.0243. The summed E-state index contributed by atoms with van der Waals surface area (Å²) in [4.78, 5) is 45.8. The van der Waals surface area contributed by atoms with Gasteiger partial charge in [0, 0.05) is 12.1 Å². The Labute approximate surface area is 138 Å². The maximum atomic E-state index is 12.2. The van der Waals surface area contributed by atoms with E-state index in [1.54, 1.807) is 0 Å². The molecule has 0 spiro atoms. The van der Waals surface area contributed by atoms with Gasteiger partial charge in [-0.25, -0.2) is 0 Å². The highest BCUT2D eigenvalue weighted by Crippen LogP contribution is 2.23. The van der Waals surface area contributed by atoms with Crippen molar-refractivity contribution in [2.45, 2.75) is 45.2 Å². The van der Waals surface area contributed by atoms with Crippen molar-refractivity contribution in [2.24, 2.45) is 11.7 Å². The predicted octanol–water partition coefficient (Wildman–Crippen LogP) is 0.550. The van der Waals surface area contributed by atoms with Crippen LogP contribution in [0.15, 0.2) is 17.1 Å². The largest absolute Gasteiger partial charge is 0.365 e. The number of nitrogens with zero attached hydrogens (tertiary/aromatic N) is 2. The summed E-state index contributed by atoms with van der Waals surface area (Å²) in [6.07, 6.45) is 4.98. The normalized spacial score (nSPS) is 20.4. The van der Waals surface area contributed by atoms with Crippen LogP contribution in [0.5, 0.6) is 0 Å². The molecule has 2 atom stereocenters. The molecule has 1 saturated carbocycles. The molecule has 24 heavy (non-hydrogen) atoms. The number of hydrogen-bond acceptors (Lipinski definition) is 5. The van der Waals surface area contributed by atoms with E-state index in [-0.39, 0.29) is 6.04 Å². The van der Waals surface area contributed by atoms with Crippen LogP contribution in [-0.2, 0) is 11.3 Å². The third kappa shape index (κ3) is 3.98. The molecule has 0 saturated heterocycles. The number of nitro groups is 1. The van der Waals surface area contributed by atoms with Gasteiger partial charge in [-0.05, 0) is 18.8 Å². The van der Waals surface area contributed by atoms with Gasteiger partial charge in [-0.3, -0.25) is 29.1 Å². The number of carbonyl (C=O) groups excluding carboxylic acids is 2. The van der Waals surface area contributed by atoms with Crippen LogP contribution in [0, 0.1) is 16.0 Å². The molecule has 0 aromatic carbocycles. The zero-order chi connectivity index (χ0) is 17.9. The van der Waals surface area contributed by atoms with Crippen LogP contribution in [0.4, 0.5) is 5.69 Å². The fourth-order valence-corrected chi connectivity index (χ4v) is 2.95. The minimum atomic E-state index is -1.07. The highest BCUT2D eigenvalue weighted by molar-refractivity contribution is 5.93. The Morgan fingerprint density at radius 2 is 2.08 bits per heavy atom. The van der Waals surface area contributed by atoms with E-state index >= 15 is 0 Å². The van der Waals surface area contributed by atoms with Gasteiger partial charge in [-0.15, -0.1) is 0 Å². The van der Waals surface area contributed by atoms with Gasteiger partial charge in [0.25, 0.3) is 17.2 Å². The zero-order valence-corrected chi connectivity index (χ0v) is 13.4. The van der Waals surface area contributed by atoms with Crippen LogP contribution in [-0.4, -0.2) is 27.3 Å². The molecule has 1 heterocycles. The molecule has 2 rings (SSSR count). The van der Waals surface area contributed by atoms with E-state index in [1.807, 2.05) is 0 Å². The van der Waals surface area contributed by atoms with Crippen LogP contribution < -0.4 is 16.6 Å². The Bertz CT molecular complexity index is 727. The lowest BCUT2D eigenvalue weighted by atomic mass is 9.86. The lowest BCUT2D eigenvalue weighted by molar-refractivity contribution is -0.385. The SMILES string of the molecule is C[C@H]1CCCC[C@@H]1NC(=O)Cn1cc([N+](=O)[O-])cc(C(N)=O)c1=O. The van der Waals surface area contributed by atoms with E-state index in [4.69, 9.17) is 5.73 Å². The number of pyridine rings is 1. The van der Waals surface area contributed by atoms with Gasteiger partial charge in [0.15, 0.2) is 0 Å². The number of carbonyl (C=O) groups is 2. The highest BCUT2D eigenvalue weighted by Gasteiger charge is 2.24. The van der Waals surface area contributed by atoms with Crippen molar-refractivity contribution in [3.8, 4) is 0 Å². The van der Waals surface area contributed by atoms with Crippen LogP contribution >= 0.6 is 0 Å². The summed E-state index contributed by atoms with van der Waals surface area (Å²) in [5.41, 5.74) is 3.27. The molecule has 9 heteroatoms. The van der Waals surface area contributed by atoms with Gasteiger partial charge < -0.3 is 11.1 Å². The number of nitrogens with one attached hydrogen (secondary N) is 1. The van der Waals surface area contributed by atoms with Gasteiger partial charge in [0.1, 0.15) is 12.1 Å². The Morgan fingerprint density at radius 3 is 2.67 bits per heavy atom. The topological polar surface area (TPSA) is 137 Å². The summed E-state index contributed by atoms with van der Waals surface area (Å²) in [6, 6.07) is 0.846. The molecule has 0 bridgehead atoms. The summed E-state index contributed by atoms with van der Waals surface area (Å²) >= 11 is 0. The first-order chi connectivity index (χ1) is 11.3. The average molecular weight is 336 g/mol. The summed E-state index contributed by atoms with van der Waals surface area (Å²) in [5, 5.41) is 13.8. The van der Waals surface area contributed by atoms with Crippen molar-refractivity contribution in [2.75, 3.05) is 0 Å². The number of aromatic nitrogens is 1. The molecule has 1 fully saturated rings. The summed E-state index contributed by atoms with van der Waals surface area (Å²) in [5.74, 6) is -1.16. The molecular weight excluding hydrogens is 316 g/mol. The lowest BCUT2D eigenvalue weighted by Crippen LogP contribution is -2.44. The molecular formula is C15H20N4O5. The lowest BCUT2D eigenvalue weighted by Gasteiger charge is -2.29. The third-order valence-electron chi connectivity index (χ3n) is 4.32. The van der Waals surface area contributed by atoms with Crippen molar-refractivity contribution < 1.29 is 14.5 Å². The van der Waals surface area contributed by atoms with Crippen molar-refractivity contribution in [3.05, 3.63) is 38.3 Å². The number of amides is 2. The van der Waals surface area contributed by atoms with E-state index in [0.29, 0.717) is 5.92 Å². The van der Waals surface area contributed by atoms with Crippen LogP contribution in [0.1, 0.15) is 43.0 Å². The third-order valence-corrected chi connectivity index (χ3v) is 4.32. The second-order valence-corrected chi connectivity index (χ2v) is 6.10. The van der Waals surface area contributed by atoms with Gasteiger partial charge in [0.2, 0.25) is 5.91 Å². The number of nitrogens with two attached hydrogens (primary N) is 1. The molecule has 1 aliphatic rings. The summed E-state index contributed by atoms with van der Waals surface area (Å²) in [6.45, 7) is 1.65. The van der Waals surface area contributed by atoms with E-state index in [9.17, 15) is 24.5 Å². The Morgan fingerprint density at radius 1 is 1.42 bits per heavy atom. The molecule has 1 aromatic heterocycles. The standard InChI is InChI=1S/C15H20N4O5/c1-9-4-2-3-5-12(9)17-13(20)8-18-7-10(19(23)24)6-11(14(16)21)15(18)22/h6-7,9,12H,2-5,8H2,1H3,(H2,16,21)(H,17,20)/t9-,12-/m0/s1. The van der Waals surface area contributed by atoms with Crippen LogP contribution in [0.2, 0.25) is 0 Å². The maximum absolute atomic E-state index is 12.2. The van der Waals surface area contributed by atoms with E-state index in [1.165, 1.54) is 0 Å². The Kier molecular flexibility index (Phi) is 5.32. The zero-order valence-electron chi connectivity index (χ0n) is 13.4. The average Bonchev–Trinajstić information content (AvgIpc) is 2.51. The van der Waals surface area contributed by atoms with Crippen molar-refractivity contribution >= 4 is 17.5 Å². The molecule has 0 unspecified atom stereocenters. The van der Waals surface area contributed by atoms with Crippen molar-refractivity contribution in [1.82, 2.24) is 9.88 Å². The summed E-state index contributed by atoms with van der Waals surface area (Å²) in [7, 11) is 0. The second kappa shape index (κ2) is 7.24. The first-order valence-corrected chi connectivity index (χ1v) is 7.77. The van der Waals surface area contributed by atoms with E-state index in [0.717, 1.165) is 42.5 Å². The number of primary amides is 1. The van der Waals surface area contributed by atoms with Crippen molar-refractivity contribution in [1.29, 1.82) is 0 Å². The predicted molar refractivity (Wildman–Crippen MR) is 85.4 cm³/mol. The molecule has 1 aromatic rings. The molecule has 130 valence electrons. The molecule has 0 aliphatic heterocycles. The monoisotopic (exact) mass is 336 g/mol. The first kappa shape index (κ1) is 17.6. The van der Waals surface area contributed by atoms with Gasteiger partial charge in [-0.1, -0.05) is 19.8 Å². The fourth-order valence-electron chi connectivity index (χ4n) is 2.95. The number of hydrogen-bond donors (Lipinski definition) is 2. The van der Waals surface area contributed by atoms with Crippen LogP contribution in [0.3, 0.4) is 0 Å². The highest BCUT2D eigenvalue weighted by atomic mass is 16.6. The summed E-state index contributed by atoms with van der Waals surface area (Å²) < 4.78 is 0.848. The molecule has 0 radical (unpaired) electrons. The van der Waals surface area contributed by atoms with Gasteiger partial charge in [0.05, 0.1) is 11.1 Å². The van der Waals surface area contributed by atoms with Gasteiger partial charge in [-0.2, -0.15) is 0 Å². The first-order valence-electron chi connectivity index (χ1n) is 7.77. The maximum Gasteiger partial charge on any atom is 0.286 e. The smallest absolute Gasteiger partial charge is 0.286 e. The second-order valence-electron chi connectivity index (χ2n) is 6.10. The Balaban J connectivity index is 2.21. The quantitative estimate of drug-likeness (QED) is 0.597. The molecule has 2 amide bonds. The Hall–Kier alpha value is -2.71. The minimum Gasteiger partial charge on any atom is -0.365 e. The molecule has 3 N–H and O–H groups in total. The fraction of sp³-hybridized carbons (Fsp3) is 0.533. The van der Waals surface area contributed by atoms with E-state index in [2.05, 4.69) is 12.2 Å². The van der Waals surface area contributed by atoms with Crippen LogP contribution in [0.25, 0.3) is 0 Å². The number of rotatable bonds is 5. The van der Waals surface area contributed by atoms with E-state index < -0.39 is 40.1 Å². The van der Waals surface area contributed by atoms with Gasteiger partial charge >= 0.3 is 0 Å². The van der Waals surface area contributed by atoms with Crippen molar-refractivity contribution in [3.63, 3.8) is 0 Å². The molecule has 1 aliphatic carbocycles.